The lowest BCUT2D eigenvalue weighted by Gasteiger charge is -2.56. The van der Waals surface area contributed by atoms with Gasteiger partial charge >= 0.3 is 11.9 Å². The molecule has 120 valence electrons. The zero-order valence-electron chi connectivity index (χ0n) is 12.4. The number of esters is 2. The van der Waals surface area contributed by atoms with Crippen LogP contribution in [-0.4, -0.2) is 51.9 Å². The summed E-state index contributed by atoms with van der Waals surface area (Å²) >= 11 is 0. The first-order valence-corrected chi connectivity index (χ1v) is 7.73. The molecular weight excluding hydrogens is 292 g/mol. The van der Waals surface area contributed by atoms with E-state index in [1.807, 2.05) is 6.92 Å². The molecule has 0 aromatic heterocycles. The van der Waals surface area contributed by atoms with Crippen molar-refractivity contribution in [3.05, 3.63) is 0 Å². The van der Waals surface area contributed by atoms with Crippen LogP contribution >= 0.6 is 0 Å². The van der Waals surface area contributed by atoms with E-state index in [1.165, 1.54) is 0 Å². The first-order chi connectivity index (χ1) is 10.2. The van der Waals surface area contributed by atoms with Crippen molar-refractivity contribution in [1.82, 2.24) is 0 Å². The van der Waals surface area contributed by atoms with Crippen LogP contribution in [0.1, 0.15) is 33.1 Å². The van der Waals surface area contributed by atoms with Gasteiger partial charge in [-0.2, -0.15) is 0 Å². The number of aliphatic hydroxyl groups is 2. The summed E-state index contributed by atoms with van der Waals surface area (Å²) in [6.07, 6.45) is 0.468. The quantitative estimate of drug-likeness (QED) is 0.581. The molecule has 7 nitrogen and oxygen atoms in total. The van der Waals surface area contributed by atoms with E-state index in [-0.39, 0.29) is 18.9 Å². The smallest absolute Gasteiger partial charge is 0.368 e. The third-order valence-corrected chi connectivity index (χ3v) is 7.46. The lowest BCUT2D eigenvalue weighted by atomic mass is 9.47. The number of hydrogen-bond donors (Lipinski definition) is 2. The number of cyclic esters (lactones) is 1. The van der Waals surface area contributed by atoms with Crippen molar-refractivity contribution in [3.8, 4) is 0 Å². The maximum Gasteiger partial charge on any atom is 0.368 e. The van der Waals surface area contributed by atoms with Gasteiger partial charge in [0.05, 0.1) is 10.8 Å². The van der Waals surface area contributed by atoms with E-state index in [0.717, 1.165) is 6.42 Å². The SMILES string of the molecule is C[C@@H]1CC[C@]23OC(=O)[C@@]4(O)O[C@H](C[C@@]124)[C@@]1(O)C(=O)OC[C@@]31C. The Morgan fingerprint density at radius 1 is 1.23 bits per heavy atom. The van der Waals surface area contributed by atoms with E-state index in [4.69, 9.17) is 14.2 Å². The molecule has 2 aliphatic carbocycles. The number of carbonyl (C=O) groups is 2. The number of rotatable bonds is 0. The predicted octanol–water partition coefficient (Wildman–Crippen LogP) is -0.516. The van der Waals surface area contributed by atoms with Crippen LogP contribution in [0.2, 0.25) is 0 Å². The summed E-state index contributed by atoms with van der Waals surface area (Å²) in [4.78, 5) is 24.7. The number of carbonyl (C=O) groups excluding carboxylic acids is 2. The monoisotopic (exact) mass is 310 g/mol. The summed E-state index contributed by atoms with van der Waals surface area (Å²) in [5.41, 5.74) is -5.09. The summed E-state index contributed by atoms with van der Waals surface area (Å²) in [5, 5.41) is 22.2. The van der Waals surface area contributed by atoms with Crippen molar-refractivity contribution < 1.29 is 34.0 Å². The molecule has 0 amide bonds. The highest BCUT2D eigenvalue weighted by Gasteiger charge is 2.95. The lowest BCUT2D eigenvalue weighted by molar-refractivity contribution is -0.257. The van der Waals surface area contributed by atoms with Crippen LogP contribution in [0, 0.1) is 16.7 Å². The molecule has 7 heteroatoms. The molecule has 2 N–H and O–H groups in total. The van der Waals surface area contributed by atoms with E-state index >= 15 is 0 Å². The summed E-state index contributed by atoms with van der Waals surface area (Å²) < 4.78 is 16.5. The van der Waals surface area contributed by atoms with Crippen LogP contribution in [0.4, 0.5) is 0 Å². The van der Waals surface area contributed by atoms with Crippen molar-refractivity contribution in [1.29, 1.82) is 0 Å². The maximum atomic E-state index is 12.4. The second-order valence-electron chi connectivity index (χ2n) is 7.76. The molecule has 0 radical (unpaired) electrons. The minimum atomic E-state index is -2.09. The highest BCUT2D eigenvalue weighted by molar-refractivity contribution is 5.89. The molecule has 3 saturated heterocycles. The van der Waals surface area contributed by atoms with Gasteiger partial charge in [-0.15, -0.1) is 0 Å². The molecule has 0 aromatic rings. The zero-order valence-corrected chi connectivity index (χ0v) is 12.4. The molecule has 5 rings (SSSR count). The topological polar surface area (TPSA) is 102 Å². The van der Waals surface area contributed by atoms with Crippen molar-refractivity contribution in [3.63, 3.8) is 0 Å². The van der Waals surface area contributed by atoms with Crippen LogP contribution in [0.25, 0.3) is 0 Å². The Morgan fingerprint density at radius 3 is 2.68 bits per heavy atom. The van der Waals surface area contributed by atoms with Crippen LogP contribution in [0.15, 0.2) is 0 Å². The summed E-state index contributed by atoms with van der Waals surface area (Å²) in [7, 11) is 0. The Morgan fingerprint density at radius 2 is 1.95 bits per heavy atom. The van der Waals surface area contributed by atoms with E-state index in [0.29, 0.717) is 6.42 Å². The van der Waals surface area contributed by atoms with E-state index in [9.17, 15) is 19.8 Å². The number of hydrogen-bond acceptors (Lipinski definition) is 7. The maximum absolute atomic E-state index is 12.4. The minimum Gasteiger partial charge on any atom is -0.463 e. The second kappa shape index (κ2) is 3.07. The van der Waals surface area contributed by atoms with E-state index in [1.54, 1.807) is 6.92 Å². The largest absolute Gasteiger partial charge is 0.463 e. The van der Waals surface area contributed by atoms with Crippen LogP contribution < -0.4 is 0 Å². The van der Waals surface area contributed by atoms with Crippen molar-refractivity contribution in [2.75, 3.05) is 6.61 Å². The van der Waals surface area contributed by atoms with Gasteiger partial charge in [-0.3, -0.25) is 0 Å². The average molecular weight is 310 g/mol. The summed E-state index contributed by atoms with van der Waals surface area (Å²) in [6, 6.07) is 0. The summed E-state index contributed by atoms with van der Waals surface area (Å²) in [5.74, 6) is -3.67. The van der Waals surface area contributed by atoms with Gasteiger partial charge in [0.15, 0.2) is 0 Å². The fourth-order valence-corrected chi connectivity index (χ4v) is 6.32. The van der Waals surface area contributed by atoms with Gasteiger partial charge in [-0.05, 0) is 32.1 Å². The van der Waals surface area contributed by atoms with Gasteiger partial charge in [0.25, 0.3) is 5.79 Å². The van der Waals surface area contributed by atoms with Crippen molar-refractivity contribution in [2.45, 2.75) is 56.2 Å². The highest BCUT2D eigenvalue weighted by atomic mass is 16.7. The van der Waals surface area contributed by atoms with Gasteiger partial charge < -0.3 is 24.4 Å². The van der Waals surface area contributed by atoms with Gasteiger partial charge in [0.1, 0.15) is 18.3 Å². The fourth-order valence-electron chi connectivity index (χ4n) is 6.32. The molecule has 2 saturated carbocycles. The van der Waals surface area contributed by atoms with E-state index < -0.39 is 45.9 Å². The standard InChI is InChI=1S/C15H18O7/c1-7-3-4-13-11(2)6-20-9(16)14(11,18)8-5-12(7,13)15(19,21-8)10(17)22-13/h7-8,18-19H,3-6H2,1-2H3/t7-,8-,11+,12-,13-,14-,15-/m1/s1. The summed E-state index contributed by atoms with van der Waals surface area (Å²) in [6.45, 7) is 3.64. The third-order valence-electron chi connectivity index (χ3n) is 7.46. The molecule has 0 unspecified atom stereocenters. The van der Waals surface area contributed by atoms with Crippen LogP contribution in [-0.2, 0) is 23.8 Å². The zero-order chi connectivity index (χ0) is 15.8. The normalized spacial score (nSPS) is 64.4. The van der Waals surface area contributed by atoms with Gasteiger partial charge in [-0.25, -0.2) is 9.59 Å². The molecule has 0 aromatic carbocycles. The number of ether oxygens (including phenoxy) is 3. The molecule has 2 bridgehead atoms. The first-order valence-electron chi connectivity index (χ1n) is 7.73. The Hall–Kier alpha value is -1.18. The fraction of sp³-hybridized carbons (Fsp3) is 0.867. The van der Waals surface area contributed by atoms with E-state index in [2.05, 4.69) is 0 Å². The molecule has 22 heavy (non-hydrogen) atoms. The molecule has 3 aliphatic heterocycles. The molecule has 7 atom stereocenters. The highest BCUT2D eigenvalue weighted by Crippen LogP contribution is 2.79. The molecule has 1 spiro atoms. The third kappa shape index (κ3) is 0.811. The Kier molecular flexibility index (Phi) is 1.85. The van der Waals surface area contributed by atoms with Crippen molar-refractivity contribution >= 4 is 11.9 Å². The Labute approximate surface area is 126 Å². The Balaban J connectivity index is 1.88. The molecular formula is C15H18O7. The molecule has 3 heterocycles. The second-order valence-corrected chi connectivity index (χ2v) is 7.76. The van der Waals surface area contributed by atoms with Crippen LogP contribution in [0.3, 0.4) is 0 Å². The molecule has 5 fully saturated rings. The predicted molar refractivity (Wildman–Crippen MR) is 68.1 cm³/mol. The van der Waals surface area contributed by atoms with Gasteiger partial charge in [-0.1, -0.05) is 6.92 Å². The average Bonchev–Trinajstić information content (AvgIpc) is 3.07. The molecule has 5 aliphatic rings. The number of fused-ring (bicyclic) bond motifs is 3. The van der Waals surface area contributed by atoms with Crippen molar-refractivity contribution in [2.24, 2.45) is 16.7 Å². The van der Waals surface area contributed by atoms with Gasteiger partial charge in [0, 0.05) is 0 Å². The lowest BCUT2D eigenvalue weighted by Crippen LogP contribution is -2.72. The Bertz CT molecular complexity index is 648. The van der Waals surface area contributed by atoms with Gasteiger partial charge in [0.2, 0.25) is 5.60 Å². The van der Waals surface area contributed by atoms with Crippen LogP contribution in [0.5, 0.6) is 0 Å². The first kappa shape index (κ1) is 13.3. The minimum absolute atomic E-state index is 0.0222.